The van der Waals surface area contributed by atoms with E-state index in [4.69, 9.17) is 30.8 Å². The Morgan fingerprint density at radius 1 is 0.726 bits per heavy atom. The fraction of sp³-hybridized carbons (Fsp3) is 0.457. The first-order valence-corrected chi connectivity index (χ1v) is 19.9. The van der Waals surface area contributed by atoms with Gasteiger partial charge in [0.15, 0.2) is 11.6 Å². The van der Waals surface area contributed by atoms with Gasteiger partial charge >= 0.3 is 77.1 Å². The average Bonchev–Trinajstić information content (AvgIpc) is 3.22. The standard InChI is InChI=1S/C26H34N2O4.C19H27N2O3.CH2O3.2Na.H/c1-26(2,3)32-25(30)23(28-18-20-13-15-22(31-4)16-14-20)12-8-9-17-27-19-24(29)21-10-6-5-7-11-21;1-19(2,3)24-18(23)16(20-4)12-8-9-13-21-14-17(22)15-10-6-5-7-11-15;2-1-4-3;;;/h5-7,10-11,13-16,18,23,27H,8-9,12,17,19H2,1-4H3;4-7,10-11,16,21H,8-9,12-14H2,1-3H3;1,3H;;;/q;+1;;2*+1;-1/p-1/t23-;16-;;;;/m00..../s1. The third kappa shape index (κ3) is 29.5. The summed E-state index contributed by atoms with van der Waals surface area (Å²) in [5, 5.41) is 14.7. The second-order valence-corrected chi connectivity index (χ2v) is 15.4. The predicted octanol–water partition coefficient (Wildman–Crippen LogP) is 0.325. The van der Waals surface area contributed by atoms with Gasteiger partial charge in [-0.2, -0.15) is 0 Å². The molecule has 0 fully saturated rings. The minimum atomic E-state index is -0.629. The number of carbonyl (C=O) groups is 5. The van der Waals surface area contributed by atoms with Crippen molar-refractivity contribution < 1.29 is 109 Å². The zero-order valence-electron chi connectivity index (χ0n) is 39.0. The van der Waals surface area contributed by atoms with E-state index in [2.05, 4.69) is 25.4 Å². The zero-order chi connectivity index (χ0) is 44.8. The van der Waals surface area contributed by atoms with E-state index in [0.717, 1.165) is 37.0 Å². The first-order valence-electron chi connectivity index (χ1n) is 19.9. The molecule has 3 aromatic carbocycles. The fourth-order valence-electron chi connectivity index (χ4n) is 5.14. The molecule has 0 spiro atoms. The third-order valence-corrected chi connectivity index (χ3v) is 8.02. The molecule has 0 heterocycles. The van der Waals surface area contributed by atoms with Gasteiger partial charge in [0.05, 0.1) is 20.2 Å². The second-order valence-electron chi connectivity index (χ2n) is 15.4. The van der Waals surface area contributed by atoms with Crippen molar-refractivity contribution in [2.45, 2.75) is 103 Å². The Morgan fingerprint density at radius 2 is 1.16 bits per heavy atom. The van der Waals surface area contributed by atoms with Crippen LogP contribution in [0.3, 0.4) is 0 Å². The Balaban J connectivity index is -0.00000104. The number of benzene rings is 3. The number of ketones is 2. The molecule has 0 aromatic heterocycles. The van der Waals surface area contributed by atoms with E-state index >= 15 is 0 Å². The van der Waals surface area contributed by atoms with E-state index in [0.29, 0.717) is 50.1 Å². The maximum absolute atomic E-state index is 12.6. The molecule has 0 amide bonds. The summed E-state index contributed by atoms with van der Waals surface area (Å²) in [6.45, 7) is 18.1. The van der Waals surface area contributed by atoms with Gasteiger partial charge in [0.2, 0.25) is 0 Å². The minimum absolute atomic E-state index is 0. The monoisotopic (exact) mass is 877 g/mol. The van der Waals surface area contributed by atoms with E-state index in [-0.39, 0.29) is 84.5 Å². The largest absolute Gasteiger partial charge is 1.00 e. The van der Waals surface area contributed by atoms with Crippen LogP contribution < -0.4 is 79.7 Å². The maximum atomic E-state index is 12.6. The van der Waals surface area contributed by atoms with Gasteiger partial charge in [0.1, 0.15) is 23.0 Å². The van der Waals surface area contributed by atoms with Crippen LogP contribution in [0.1, 0.15) is 108 Å². The van der Waals surface area contributed by atoms with Crippen LogP contribution in [0.5, 0.6) is 5.75 Å². The molecule has 0 saturated carbocycles. The number of unbranched alkanes of at least 4 members (excludes halogenated alkanes) is 2. The van der Waals surface area contributed by atoms with Crippen LogP contribution in [0, 0.1) is 6.57 Å². The molecule has 0 saturated heterocycles. The first-order chi connectivity index (χ1) is 28.5. The van der Waals surface area contributed by atoms with Crippen molar-refractivity contribution in [3.05, 3.63) is 106 Å². The molecule has 2 atom stereocenters. The number of carbonyl (C=O) groups excluding carboxylic acids is 5. The Kier molecular flexibility index (Phi) is 33.8. The molecule has 3 aromatic rings. The van der Waals surface area contributed by atoms with Crippen molar-refractivity contribution in [1.82, 2.24) is 10.6 Å². The summed E-state index contributed by atoms with van der Waals surface area (Å²) < 4.78 is 16.0. The van der Waals surface area contributed by atoms with Crippen molar-refractivity contribution in [3.8, 4) is 12.3 Å². The van der Waals surface area contributed by atoms with Crippen molar-refractivity contribution in [2.24, 2.45) is 4.99 Å². The van der Waals surface area contributed by atoms with Crippen molar-refractivity contribution >= 4 is 36.2 Å². The molecule has 0 aliphatic carbocycles. The van der Waals surface area contributed by atoms with Crippen LogP contribution in [0.2, 0.25) is 0 Å². The van der Waals surface area contributed by atoms with Gasteiger partial charge in [-0.25, -0.2) is 9.59 Å². The molecular formula is C46H63N4Na2O10+. The second kappa shape index (κ2) is 34.7. The molecular weight excluding hydrogens is 815 g/mol. The average molecular weight is 878 g/mol. The number of esters is 2. The van der Waals surface area contributed by atoms with E-state index in [1.165, 1.54) is 0 Å². The zero-order valence-corrected chi connectivity index (χ0v) is 42.0. The van der Waals surface area contributed by atoms with Gasteiger partial charge in [0.25, 0.3) is 13.0 Å². The number of ether oxygens (including phenoxy) is 3. The molecule has 14 nitrogen and oxygen atoms in total. The molecule has 0 unspecified atom stereocenters. The number of aliphatic imine (C=N–C) groups is 1. The van der Waals surface area contributed by atoms with Crippen molar-refractivity contribution in [3.63, 3.8) is 0 Å². The molecule has 3 rings (SSSR count). The molecule has 0 aliphatic heterocycles. The van der Waals surface area contributed by atoms with Gasteiger partial charge in [0, 0.05) is 23.8 Å². The van der Waals surface area contributed by atoms with Crippen molar-refractivity contribution in [2.75, 3.05) is 33.3 Å². The number of Topliss-reactive ketones (excluding diaryl/α,β-unsaturated/α-hetero) is 2. The molecule has 16 heteroatoms. The Morgan fingerprint density at radius 3 is 1.56 bits per heavy atom. The van der Waals surface area contributed by atoms with Crippen LogP contribution in [-0.4, -0.2) is 92.8 Å². The van der Waals surface area contributed by atoms with Crippen molar-refractivity contribution in [1.29, 1.82) is 0 Å². The number of nitrogens with one attached hydrogen (secondary N) is 2. The summed E-state index contributed by atoms with van der Waals surface area (Å²) in [4.78, 5) is 67.9. The first kappa shape index (κ1) is 60.3. The number of nitrogens with zero attached hydrogens (tertiary/aromatic N) is 2. The predicted molar refractivity (Wildman–Crippen MR) is 231 cm³/mol. The number of methoxy groups -OCH3 is 1. The topological polar surface area (TPSA) is 186 Å². The normalized spacial score (nSPS) is 11.5. The van der Waals surface area contributed by atoms with Gasteiger partial charge in [-0.3, -0.25) is 19.4 Å². The number of rotatable bonds is 22. The Hall–Kier alpha value is -3.75. The van der Waals surface area contributed by atoms with Crippen LogP contribution in [0.4, 0.5) is 0 Å². The summed E-state index contributed by atoms with van der Waals surface area (Å²) >= 11 is 0. The van der Waals surface area contributed by atoms with E-state index in [1.807, 2.05) is 114 Å². The summed E-state index contributed by atoms with van der Waals surface area (Å²) in [6.07, 6.45) is 6.05. The Bertz CT molecular complexity index is 1790. The van der Waals surface area contributed by atoms with Crippen LogP contribution in [0.15, 0.2) is 89.9 Å². The maximum Gasteiger partial charge on any atom is 1.00 e. The number of hydrogen-bond acceptors (Lipinski definition) is 13. The van der Waals surface area contributed by atoms with Crippen LogP contribution in [-0.2, 0) is 28.7 Å². The van der Waals surface area contributed by atoms with Crippen LogP contribution >= 0.6 is 0 Å². The molecule has 0 aliphatic rings. The molecule has 62 heavy (non-hydrogen) atoms. The van der Waals surface area contributed by atoms with Gasteiger partial charge < -0.3 is 36.4 Å². The SMILES string of the molecule is C#[N+][C@@H](CCCCNCC(=O)c1ccccc1)C(=O)OC(C)(C)C.COc1ccc(C=N[C@@H](CCCCNCC(=O)c2ccccc2)C(=O)OC(C)(C)C)cc1.O=CO[O-].[H-].[Na+].[Na+]. The van der Waals surface area contributed by atoms with Crippen LogP contribution in [0.25, 0.3) is 4.85 Å². The van der Waals surface area contributed by atoms with Gasteiger partial charge in [-0.05, 0) is 117 Å². The van der Waals surface area contributed by atoms with E-state index in [9.17, 15) is 19.2 Å². The minimum Gasteiger partial charge on any atom is -1.00 e. The summed E-state index contributed by atoms with van der Waals surface area (Å²) in [5.41, 5.74) is 1.19. The molecule has 0 radical (unpaired) electrons. The van der Waals surface area contributed by atoms with E-state index < -0.39 is 29.3 Å². The van der Waals surface area contributed by atoms with Gasteiger partial charge in [-0.1, -0.05) is 65.5 Å². The summed E-state index contributed by atoms with van der Waals surface area (Å²) in [6, 6.07) is 24.7. The Labute approximate surface area is 413 Å². The summed E-state index contributed by atoms with van der Waals surface area (Å²) in [7, 11) is 1.62. The van der Waals surface area contributed by atoms with Gasteiger partial charge in [-0.15, -0.1) is 0 Å². The molecule has 328 valence electrons. The smallest absolute Gasteiger partial charge is 1.00 e. The summed E-state index contributed by atoms with van der Waals surface area (Å²) in [5.74, 6) is 0.191. The fourth-order valence-corrected chi connectivity index (χ4v) is 5.14. The molecule has 0 bridgehead atoms. The molecule has 2 N–H and O–H groups in total. The quantitative estimate of drug-likeness (QED) is 0.0206. The third-order valence-electron chi connectivity index (χ3n) is 8.02. The van der Waals surface area contributed by atoms with E-state index in [1.54, 1.807) is 25.5 Å². The number of hydrogen-bond donors (Lipinski definition) is 2.